The van der Waals surface area contributed by atoms with Crippen molar-refractivity contribution in [3.63, 3.8) is 0 Å². The molecular formula is C6H13N3O2. The molecule has 0 aromatic rings. The van der Waals surface area contributed by atoms with Crippen molar-refractivity contribution in [3.8, 4) is 0 Å². The second kappa shape index (κ2) is 3.06. The lowest BCUT2D eigenvalue weighted by molar-refractivity contribution is 0.126. The first-order valence-electron chi connectivity index (χ1n) is 3.60. The number of likely N-dealkylation sites (tertiary alicyclic amines) is 1. The molecule has 1 aliphatic rings. The molecule has 0 bridgehead atoms. The second-order valence-corrected chi connectivity index (χ2v) is 2.84. The maximum absolute atomic E-state index is 10.4. The van der Waals surface area contributed by atoms with E-state index in [1.165, 1.54) is 4.90 Å². The molecule has 0 aromatic heterocycles. The second-order valence-electron chi connectivity index (χ2n) is 2.84. The summed E-state index contributed by atoms with van der Waals surface area (Å²) in [5.41, 5.74) is 11.2. The van der Waals surface area contributed by atoms with Crippen molar-refractivity contribution in [2.24, 2.45) is 11.5 Å². The van der Waals surface area contributed by atoms with Crippen LogP contribution < -0.4 is 11.5 Å². The highest BCUT2D eigenvalue weighted by molar-refractivity contribution is 5.65. The van der Waals surface area contributed by atoms with Crippen LogP contribution in [-0.4, -0.2) is 41.3 Å². The number of rotatable bonds is 0. The third kappa shape index (κ3) is 1.81. The number of piperidine rings is 1. The number of carboxylic acid groups (broad SMARTS) is 1. The number of amides is 1. The number of carbonyl (C=O) groups is 1. The topological polar surface area (TPSA) is 92.6 Å². The van der Waals surface area contributed by atoms with Gasteiger partial charge in [-0.15, -0.1) is 0 Å². The van der Waals surface area contributed by atoms with E-state index in [0.29, 0.717) is 19.5 Å². The van der Waals surface area contributed by atoms with Gasteiger partial charge in [-0.2, -0.15) is 0 Å². The van der Waals surface area contributed by atoms with Crippen molar-refractivity contribution in [2.45, 2.75) is 18.5 Å². The zero-order valence-corrected chi connectivity index (χ0v) is 6.23. The fraction of sp³-hybridized carbons (Fsp3) is 0.833. The van der Waals surface area contributed by atoms with Gasteiger partial charge in [-0.1, -0.05) is 0 Å². The molecule has 0 aliphatic carbocycles. The number of nitrogens with zero attached hydrogens (tertiary/aromatic N) is 1. The minimum absolute atomic E-state index is 0.0504. The zero-order chi connectivity index (χ0) is 8.43. The van der Waals surface area contributed by atoms with Crippen LogP contribution in [0.25, 0.3) is 0 Å². The van der Waals surface area contributed by atoms with Crippen LogP contribution in [0.5, 0.6) is 0 Å². The molecule has 1 amide bonds. The Kier molecular flexibility index (Phi) is 2.31. The monoisotopic (exact) mass is 159 g/mol. The van der Waals surface area contributed by atoms with E-state index in [2.05, 4.69) is 0 Å². The van der Waals surface area contributed by atoms with E-state index >= 15 is 0 Å². The molecule has 5 N–H and O–H groups in total. The van der Waals surface area contributed by atoms with Crippen LogP contribution in [0.3, 0.4) is 0 Å². The molecule has 64 valence electrons. The molecule has 0 aromatic carbocycles. The fourth-order valence-corrected chi connectivity index (χ4v) is 1.17. The van der Waals surface area contributed by atoms with Gasteiger partial charge < -0.3 is 21.5 Å². The molecule has 5 nitrogen and oxygen atoms in total. The summed E-state index contributed by atoms with van der Waals surface area (Å²) >= 11 is 0. The Morgan fingerprint density at radius 2 is 2.09 bits per heavy atom. The number of hydrogen-bond acceptors (Lipinski definition) is 3. The van der Waals surface area contributed by atoms with E-state index in [9.17, 15) is 4.79 Å². The summed E-state index contributed by atoms with van der Waals surface area (Å²) < 4.78 is 0. The Balaban J connectivity index is 2.46. The summed E-state index contributed by atoms with van der Waals surface area (Å²) in [6.07, 6.45) is -0.250. The molecule has 1 rings (SSSR count). The van der Waals surface area contributed by atoms with E-state index in [0.717, 1.165) is 0 Å². The molecule has 1 saturated heterocycles. The van der Waals surface area contributed by atoms with Crippen molar-refractivity contribution in [1.82, 2.24) is 4.90 Å². The average molecular weight is 159 g/mol. The summed E-state index contributed by atoms with van der Waals surface area (Å²) in [4.78, 5) is 11.7. The van der Waals surface area contributed by atoms with Gasteiger partial charge >= 0.3 is 6.09 Å². The highest BCUT2D eigenvalue weighted by Gasteiger charge is 2.25. The molecule has 5 heteroatoms. The van der Waals surface area contributed by atoms with Crippen LogP contribution >= 0.6 is 0 Å². The normalized spacial score (nSPS) is 32.0. The van der Waals surface area contributed by atoms with E-state index < -0.39 is 6.09 Å². The van der Waals surface area contributed by atoms with Gasteiger partial charge in [0, 0.05) is 25.2 Å². The van der Waals surface area contributed by atoms with Crippen LogP contribution in [0, 0.1) is 0 Å². The number of hydrogen-bond donors (Lipinski definition) is 3. The van der Waals surface area contributed by atoms with Crippen molar-refractivity contribution in [2.75, 3.05) is 13.1 Å². The minimum Gasteiger partial charge on any atom is -0.465 e. The Hall–Kier alpha value is -0.810. The third-order valence-corrected chi connectivity index (χ3v) is 1.98. The highest BCUT2D eigenvalue weighted by Crippen LogP contribution is 2.06. The van der Waals surface area contributed by atoms with Crippen molar-refractivity contribution in [3.05, 3.63) is 0 Å². The SMILES string of the molecule is NC1CCN(C(=O)O)C[C@@H]1N. The van der Waals surface area contributed by atoms with E-state index in [1.54, 1.807) is 0 Å². The Morgan fingerprint density at radius 1 is 1.45 bits per heavy atom. The summed E-state index contributed by atoms with van der Waals surface area (Å²) in [5.74, 6) is 0. The molecular weight excluding hydrogens is 146 g/mol. The van der Waals surface area contributed by atoms with Gasteiger partial charge in [0.25, 0.3) is 0 Å². The van der Waals surface area contributed by atoms with Gasteiger partial charge in [0.15, 0.2) is 0 Å². The Labute approximate surface area is 65.0 Å². The van der Waals surface area contributed by atoms with Gasteiger partial charge in [0.1, 0.15) is 0 Å². The van der Waals surface area contributed by atoms with Crippen molar-refractivity contribution in [1.29, 1.82) is 0 Å². The first kappa shape index (κ1) is 8.29. The summed E-state index contributed by atoms with van der Waals surface area (Å²) in [6.45, 7) is 0.862. The van der Waals surface area contributed by atoms with Crippen LogP contribution in [0.4, 0.5) is 4.79 Å². The quantitative estimate of drug-likeness (QED) is 0.423. The van der Waals surface area contributed by atoms with Crippen molar-refractivity contribution >= 4 is 6.09 Å². The number of nitrogens with two attached hydrogens (primary N) is 2. The highest BCUT2D eigenvalue weighted by atomic mass is 16.4. The third-order valence-electron chi connectivity index (χ3n) is 1.98. The first-order valence-corrected chi connectivity index (χ1v) is 3.60. The van der Waals surface area contributed by atoms with E-state index in [-0.39, 0.29) is 12.1 Å². The van der Waals surface area contributed by atoms with Crippen LogP contribution in [-0.2, 0) is 0 Å². The van der Waals surface area contributed by atoms with Crippen LogP contribution in [0.1, 0.15) is 6.42 Å². The fourth-order valence-electron chi connectivity index (χ4n) is 1.17. The lowest BCUT2D eigenvalue weighted by Crippen LogP contribution is -2.55. The van der Waals surface area contributed by atoms with Gasteiger partial charge in [-0.25, -0.2) is 4.79 Å². The lowest BCUT2D eigenvalue weighted by Gasteiger charge is -2.32. The molecule has 1 unspecified atom stereocenters. The van der Waals surface area contributed by atoms with E-state index in [4.69, 9.17) is 16.6 Å². The van der Waals surface area contributed by atoms with Gasteiger partial charge in [0.2, 0.25) is 0 Å². The smallest absolute Gasteiger partial charge is 0.407 e. The summed E-state index contributed by atoms with van der Waals surface area (Å²) in [7, 11) is 0. The Morgan fingerprint density at radius 3 is 2.55 bits per heavy atom. The molecule has 0 saturated carbocycles. The molecule has 11 heavy (non-hydrogen) atoms. The van der Waals surface area contributed by atoms with Gasteiger partial charge in [-0.3, -0.25) is 0 Å². The van der Waals surface area contributed by atoms with E-state index in [1.807, 2.05) is 0 Å². The molecule has 1 fully saturated rings. The molecule has 0 spiro atoms. The summed E-state index contributed by atoms with van der Waals surface area (Å²) in [5, 5.41) is 8.57. The predicted molar refractivity (Wildman–Crippen MR) is 40.2 cm³/mol. The molecule has 2 atom stereocenters. The van der Waals surface area contributed by atoms with Crippen LogP contribution in [0.15, 0.2) is 0 Å². The predicted octanol–water partition coefficient (Wildman–Crippen LogP) is -0.975. The average Bonchev–Trinajstić information content (AvgIpc) is 1.94. The zero-order valence-electron chi connectivity index (χ0n) is 6.23. The standard InChI is InChI=1S/C6H13N3O2/c7-4-1-2-9(6(10)11)3-5(4)8/h4-5H,1-3,7-8H2,(H,10,11)/t4?,5-/m0/s1. The molecule has 0 radical (unpaired) electrons. The van der Waals surface area contributed by atoms with Gasteiger partial charge in [-0.05, 0) is 6.42 Å². The van der Waals surface area contributed by atoms with Crippen LogP contribution in [0.2, 0.25) is 0 Å². The molecule has 1 aliphatic heterocycles. The first-order chi connectivity index (χ1) is 5.11. The maximum atomic E-state index is 10.4. The maximum Gasteiger partial charge on any atom is 0.407 e. The molecule has 1 heterocycles. The van der Waals surface area contributed by atoms with Gasteiger partial charge in [0.05, 0.1) is 0 Å². The largest absolute Gasteiger partial charge is 0.465 e. The van der Waals surface area contributed by atoms with Crippen molar-refractivity contribution < 1.29 is 9.90 Å². The Bertz CT molecular complexity index is 162. The summed E-state index contributed by atoms with van der Waals surface area (Å²) in [6, 6.07) is -0.259. The lowest BCUT2D eigenvalue weighted by atomic mass is 10.0. The minimum atomic E-state index is -0.910.